The van der Waals surface area contributed by atoms with Crippen LogP contribution in [0.3, 0.4) is 0 Å². The molecule has 7 nitrogen and oxygen atoms in total. The molecule has 1 aromatic rings. The highest BCUT2D eigenvalue weighted by Crippen LogP contribution is 2.26. The molecule has 1 aromatic carbocycles. The summed E-state index contributed by atoms with van der Waals surface area (Å²) in [5, 5.41) is 20.2. The maximum Gasteiger partial charge on any atom is 0.229 e. The average Bonchev–Trinajstić information content (AvgIpc) is 2.47. The van der Waals surface area contributed by atoms with Crippen molar-refractivity contribution < 1.29 is 29.2 Å². The number of ether oxygens (including phenoxy) is 4. The molecule has 0 aromatic heterocycles. The second kappa shape index (κ2) is 7.06. The van der Waals surface area contributed by atoms with Crippen molar-refractivity contribution in [3.63, 3.8) is 0 Å². The van der Waals surface area contributed by atoms with E-state index >= 15 is 0 Å². The third-order valence-corrected chi connectivity index (χ3v) is 3.38. The molecule has 1 saturated heterocycles. The van der Waals surface area contributed by atoms with Gasteiger partial charge in [-0.25, -0.2) is 0 Å². The van der Waals surface area contributed by atoms with E-state index in [2.05, 4.69) is 0 Å². The van der Waals surface area contributed by atoms with Crippen LogP contribution in [-0.2, 0) is 14.2 Å². The summed E-state index contributed by atoms with van der Waals surface area (Å²) in [4.78, 5) is 0. The molecule has 0 saturated carbocycles. The summed E-state index contributed by atoms with van der Waals surface area (Å²) in [5.74, 6) is 0.479. The van der Waals surface area contributed by atoms with Gasteiger partial charge in [-0.05, 0) is 24.3 Å². The molecule has 1 fully saturated rings. The SMILES string of the molecule is COC[C@H]1O[C@H](Oc2ccc(N)cc2)[C@H](O)[C@@H](O)[C@H]1OC. The molecule has 0 unspecified atom stereocenters. The third-order valence-electron chi connectivity index (χ3n) is 3.38. The molecule has 5 atom stereocenters. The Morgan fingerprint density at radius 3 is 2.38 bits per heavy atom. The molecule has 118 valence electrons. The predicted octanol–water partition coefficient (Wildman–Crippen LogP) is -0.244. The van der Waals surface area contributed by atoms with Crippen molar-refractivity contribution in [1.29, 1.82) is 0 Å². The Balaban J connectivity index is 2.09. The van der Waals surface area contributed by atoms with Crippen LogP contribution in [0, 0.1) is 0 Å². The minimum absolute atomic E-state index is 0.212. The zero-order chi connectivity index (χ0) is 15.4. The first-order valence-corrected chi connectivity index (χ1v) is 6.62. The van der Waals surface area contributed by atoms with Crippen LogP contribution >= 0.6 is 0 Å². The highest BCUT2D eigenvalue weighted by atomic mass is 16.7. The average molecular weight is 299 g/mol. The topological polar surface area (TPSA) is 103 Å². The van der Waals surface area contributed by atoms with Crippen molar-refractivity contribution in [2.24, 2.45) is 0 Å². The van der Waals surface area contributed by atoms with Gasteiger partial charge >= 0.3 is 0 Å². The molecule has 4 N–H and O–H groups in total. The number of anilines is 1. The van der Waals surface area contributed by atoms with Gasteiger partial charge < -0.3 is 34.9 Å². The summed E-state index contributed by atoms with van der Waals surface area (Å²) in [6, 6.07) is 6.66. The van der Waals surface area contributed by atoms with Crippen molar-refractivity contribution in [3.05, 3.63) is 24.3 Å². The first kappa shape index (κ1) is 16.0. The highest BCUT2D eigenvalue weighted by molar-refractivity contribution is 5.41. The Kier molecular flexibility index (Phi) is 5.38. The molecule has 0 spiro atoms. The lowest BCUT2D eigenvalue weighted by Crippen LogP contribution is -2.60. The van der Waals surface area contributed by atoms with Crippen LogP contribution < -0.4 is 10.5 Å². The molecule has 7 heteroatoms. The summed E-state index contributed by atoms with van der Waals surface area (Å²) >= 11 is 0. The smallest absolute Gasteiger partial charge is 0.229 e. The molecular formula is C14H21NO6. The zero-order valence-corrected chi connectivity index (χ0v) is 12.0. The second-order valence-electron chi connectivity index (χ2n) is 4.87. The normalized spacial score (nSPS) is 32.9. The van der Waals surface area contributed by atoms with Gasteiger partial charge in [0.05, 0.1) is 6.61 Å². The lowest BCUT2D eigenvalue weighted by molar-refractivity contribution is -0.283. The standard InChI is InChI=1S/C14H21NO6/c1-18-7-10-13(19-2)11(16)12(17)14(21-10)20-9-5-3-8(15)4-6-9/h3-6,10-14,16-17H,7,15H2,1-2H3/t10-,11-,12-,13+,14+/m1/s1. The number of aliphatic hydroxyl groups excluding tert-OH is 2. The summed E-state index contributed by atoms with van der Waals surface area (Å²) in [7, 11) is 2.96. The number of hydrogen-bond acceptors (Lipinski definition) is 7. The monoisotopic (exact) mass is 299 g/mol. The lowest BCUT2D eigenvalue weighted by atomic mass is 9.99. The van der Waals surface area contributed by atoms with Crippen molar-refractivity contribution in [2.45, 2.75) is 30.7 Å². The van der Waals surface area contributed by atoms with E-state index in [4.69, 9.17) is 24.7 Å². The molecule has 2 rings (SSSR count). The molecule has 21 heavy (non-hydrogen) atoms. The molecule has 1 heterocycles. The van der Waals surface area contributed by atoms with Crippen LogP contribution in [0.1, 0.15) is 0 Å². The number of aliphatic hydroxyl groups is 2. The quantitative estimate of drug-likeness (QED) is 0.644. The molecule has 1 aliphatic rings. The van der Waals surface area contributed by atoms with E-state index < -0.39 is 30.7 Å². The van der Waals surface area contributed by atoms with Crippen molar-refractivity contribution in [1.82, 2.24) is 0 Å². The largest absolute Gasteiger partial charge is 0.462 e. The van der Waals surface area contributed by atoms with Gasteiger partial charge in [0.1, 0.15) is 30.2 Å². The number of nitrogen functional groups attached to an aromatic ring is 1. The number of hydrogen-bond donors (Lipinski definition) is 3. The lowest BCUT2D eigenvalue weighted by Gasteiger charge is -2.41. The van der Waals surface area contributed by atoms with Crippen LogP contribution in [-0.4, -0.2) is 61.7 Å². The van der Waals surface area contributed by atoms with Gasteiger partial charge in [-0.3, -0.25) is 0 Å². The van der Waals surface area contributed by atoms with Crippen LogP contribution in [0.15, 0.2) is 24.3 Å². The Labute approximate surface area is 123 Å². The maximum atomic E-state index is 10.1. The van der Waals surface area contributed by atoms with Gasteiger partial charge in [0.15, 0.2) is 0 Å². The van der Waals surface area contributed by atoms with E-state index in [1.54, 1.807) is 24.3 Å². The Morgan fingerprint density at radius 1 is 1.14 bits per heavy atom. The van der Waals surface area contributed by atoms with Crippen LogP contribution in [0.25, 0.3) is 0 Å². The maximum absolute atomic E-state index is 10.1. The van der Waals surface area contributed by atoms with Gasteiger partial charge in [-0.2, -0.15) is 0 Å². The van der Waals surface area contributed by atoms with Gasteiger partial charge in [-0.15, -0.1) is 0 Å². The predicted molar refractivity (Wildman–Crippen MR) is 74.8 cm³/mol. The summed E-state index contributed by atoms with van der Waals surface area (Å²) in [6.45, 7) is 0.212. The highest BCUT2D eigenvalue weighted by Gasteiger charge is 2.46. The molecule has 1 aliphatic heterocycles. The van der Waals surface area contributed by atoms with Gasteiger partial charge in [0.2, 0.25) is 6.29 Å². The van der Waals surface area contributed by atoms with Crippen molar-refractivity contribution in [3.8, 4) is 5.75 Å². The Hall–Kier alpha value is -1.38. The van der Waals surface area contributed by atoms with Crippen LogP contribution in [0.2, 0.25) is 0 Å². The van der Waals surface area contributed by atoms with E-state index in [-0.39, 0.29) is 6.61 Å². The molecule has 0 radical (unpaired) electrons. The van der Waals surface area contributed by atoms with Gasteiger partial charge in [0, 0.05) is 19.9 Å². The van der Waals surface area contributed by atoms with E-state index in [1.165, 1.54) is 14.2 Å². The van der Waals surface area contributed by atoms with E-state index in [0.717, 1.165) is 0 Å². The van der Waals surface area contributed by atoms with E-state index in [1.807, 2.05) is 0 Å². The second-order valence-corrected chi connectivity index (χ2v) is 4.87. The van der Waals surface area contributed by atoms with Crippen LogP contribution in [0.5, 0.6) is 5.75 Å². The summed E-state index contributed by atoms with van der Waals surface area (Å²) < 4.78 is 21.4. The van der Waals surface area contributed by atoms with Crippen LogP contribution in [0.4, 0.5) is 5.69 Å². The fourth-order valence-corrected chi connectivity index (χ4v) is 2.27. The molecule has 0 bridgehead atoms. The fraction of sp³-hybridized carbons (Fsp3) is 0.571. The van der Waals surface area contributed by atoms with E-state index in [0.29, 0.717) is 11.4 Å². The first-order valence-electron chi connectivity index (χ1n) is 6.62. The molecule has 0 amide bonds. The number of methoxy groups -OCH3 is 2. The number of nitrogens with two attached hydrogens (primary N) is 1. The number of rotatable bonds is 5. The van der Waals surface area contributed by atoms with Crippen molar-refractivity contribution in [2.75, 3.05) is 26.6 Å². The zero-order valence-electron chi connectivity index (χ0n) is 12.0. The summed E-state index contributed by atoms with van der Waals surface area (Å²) in [5.41, 5.74) is 6.20. The number of benzene rings is 1. The first-order chi connectivity index (χ1) is 10.1. The molecular weight excluding hydrogens is 278 g/mol. The van der Waals surface area contributed by atoms with Gasteiger partial charge in [-0.1, -0.05) is 0 Å². The Bertz CT molecular complexity index is 440. The van der Waals surface area contributed by atoms with Crippen molar-refractivity contribution >= 4 is 5.69 Å². The minimum atomic E-state index is -1.24. The van der Waals surface area contributed by atoms with Gasteiger partial charge in [0.25, 0.3) is 0 Å². The summed E-state index contributed by atoms with van der Waals surface area (Å²) in [6.07, 6.45) is -4.62. The minimum Gasteiger partial charge on any atom is -0.462 e. The Morgan fingerprint density at radius 2 is 1.81 bits per heavy atom. The third kappa shape index (κ3) is 3.63. The molecule has 0 aliphatic carbocycles. The fourth-order valence-electron chi connectivity index (χ4n) is 2.27. The van der Waals surface area contributed by atoms with E-state index in [9.17, 15) is 10.2 Å².